The van der Waals surface area contributed by atoms with E-state index in [1.165, 1.54) is 0 Å². The van der Waals surface area contributed by atoms with Crippen molar-refractivity contribution < 1.29 is 14.3 Å². The Morgan fingerprint density at radius 3 is 2.79 bits per heavy atom. The van der Waals surface area contributed by atoms with Gasteiger partial charge < -0.3 is 20.5 Å². The molecule has 1 unspecified atom stereocenters. The van der Waals surface area contributed by atoms with Gasteiger partial charge in [0.1, 0.15) is 12.4 Å². The molecule has 24 heavy (non-hydrogen) atoms. The van der Waals surface area contributed by atoms with Crippen LogP contribution in [0, 0.1) is 0 Å². The Kier molecular flexibility index (Phi) is 8.53. The Morgan fingerprint density at radius 1 is 1.42 bits per heavy atom. The molecular weight excluding hydrogens is 328 g/mol. The molecule has 1 fully saturated rings. The van der Waals surface area contributed by atoms with E-state index in [4.69, 9.17) is 15.2 Å². The number of carbonyl (C=O) groups excluding carboxylic acids is 1. The van der Waals surface area contributed by atoms with E-state index in [-0.39, 0.29) is 30.0 Å². The summed E-state index contributed by atoms with van der Waals surface area (Å²) in [6, 6.07) is 7.23. The molecule has 3 N–H and O–H groups in total. The lowest BCUT2D eigenvalue weighted by Crippen LogP contribution is -2.49. The zero-order valence-electron chi connectivity index (χ0n) is 14.5. The Labute approximate surface area is 150 Å². The molecule has 1 atom stereocenters. The van der Waals surface area contributed by atoms with Gasteiger partial charge in [0.2, 0.25) is 0 Å². The number of ether oxygens (including phenoxy) is 2. The lowest BCUT2D eigenvalue weighted by molar-refractivity contribution is 0.0679. The Bertz CT molecular complexity index is 515. The Balaban J connectivity index is 0.00000288. The van der Waals surface area contributed by atoms with E-state index in [0.29, 0.717) is 24.5 Å². The number of benzene rings is 1. The highest BCUT2D eigenvalue weighted by Gasteiger charge is 2.21. The van der Waals surface area contributed by atoms with E-state index in [9.17, 15) is 4.79 Å². The topological polar surface area (TPSA) is 73.6 Å². The molecule has 0 radical (unpaired) electrons. The van der Waals surface area contributed by atoms with Crippen LogP contribution >= 0.6 is 12.4 Å². The minimum absolute atomic E-state index is 0. The number of amides is 1. The molecule has 1 heterocycles. The Morgan fingerprint density at radius 2 is 2.17 bits per heavy atom. The summed E-state index contributed by atoms with van der Waals surface area (Å²) in [4.78, 5) is 12.3. The maximum absolute atomic E-state index is 12.3. The smallest absolute Gasteiger partial charge is 0.251 e. The average Bonchev–Trinajstić information content (AvgIpc) is 3.11. The van der Waals surface area contributed by atoms with Crippen molar-refractivity contribution in [1.82, 2.24) is 5.32 Å². The van der Waals surface area contributed by atoms with Crippen LogP contribution < -0.4 is 15.8 Å². The molecular formula is C18H29ClN2O3. The van der Waals surface area contributed by atoms with Crippen LogP contribution in [0.4, 0.5) is 0 Å². The van der Waals surface area contributed by atoms with Crippen molar-refractivity contribution in [3.05, 3.63) is 29.8 Å². The maximum atomic E-state index is 12.3. The van der Waals surface area contributed by atoms with E-state index in [0.717, 1.165) is 32.3 Å². The number of carbonyl (C=O) groups is 1. The number of rotatable bonds is 8. The molecule has 2 rings (SSSR count). The van der Waals surface area contributed by atoms with Gasteiger partial charge in [0.15, 0.2) is 0 Å². The van der Waals surface area contributed by atoms with Crippen LogP contribution in [-0.4, -0.2) is 37.3 Å². The average molecular weight is 357 g/mol. The lowest BCUT2D eigenvalue weighted by Gasteiger charge is -2.26. The van der Waals surface area contributed by atoms with Crippen LogP contribution in [0.15, 0.2) is 24.3 Å². The largest absolute Gasteiger partial charge is 0.491 e. The highest BCUT2D eigenvalue weighted by atomic mass is 35.5. The van der Waals surface area contributed by atoms with Crippen LogP contribution in [-0.2, 0) is 4.74 Å². The molecule has 1 aromatic rings. The van der Waals surface area contributed by atoms with Gasteiger partial charge in [0.05, 0.1) is 6.10 Å². The SMILES string of the molecule is CCC(N)(CC)CNC(=O)c1cccc(OCC2CCCO2)c1.Cl. The van der Waals surface area contributed by atoms with Gasteiger partial charge in [-0.1, -0.05) is 19.9 Å². The predicted molar refractivity (Wildman–Crippen MR) is 98.0 cm³/mol. The van der Waals surface area contributed by atoms with Crippen molar-refractivity contribution in [1.29, 1.82) is 0 Å². The minimum Gasteiger partial charge on any atom is -0.491 e. The van der Waals surface area contributed by atoms with E-state index in [2.05, 4.69) is 5.32 Å². The lowest BCUT2D eigenvalue weighted by atomic mass is 9.94. The van der Waals surface area contributed by atoms with Crippen molar-refractivity contribution in [2.75, 3.05) is 19.8 Å². The van der Waals surface area contributed by atoms with Gasteiger partial charge in [-0.2, -0.15) is 0 Å². The fraction of sp³-hybridized carbons (Fsp3) is 0.611. The molecule has 136 valence electrons. The summed E-state index contributed by atoms with van der Waals surface area (Å²) in [6.07, 6.45) is 3.95. The highest BCUT2D eigenvalue weighted by Crippen LogP contribution is 2.17. The molecule has 1 aliphatic heterocycles. The van der Waals surface area contributed by atoms with E-state index in [1.54, 1.807) is 12.1 Å². The van der Waals surface area contributed by atoms with Gasteiger partial charge in [-0.05, 0) is 43.9 Å². The van der Waals surface area contributed by atoms with Crippen molar-refractivity contribution in [2.24, 2.45) is 5.73 Å². The molecule has 0 spiro atoms. The number of halogens is 1. The predicted octanol–water partition coefficient (Wildman–Crippen LogP) is 2.91. The molecule has 1 amide bonds. The van der Waals surface area contributed by atoms with Gasteiger partial charge in [0.25, 0.3) is 5.91 Å². The van der Waals surface area contributed by atoms with Crippen LogP contribution in [0.25, 0.3) is 0 Å². The normalized spacial score (nSPS) is 17.2. The van der Waals surface area contributed by atoms with Crippen LogP contribution in [0.1, 0.15) is 49.9 Å². The molecule has 0 aliphatic carbocycles. The van der Waals surface area contributed by atoms with Crippen molar-refractivity contribution >= 4 is 18.3 Å². The van der Waals surface area contributed by atoms with Gasteiger partial charge in [-0.3, -0.25) is 4.79 Å². The first-order valence-corrected chi connectivity index (χ1v) is 8.48. The van der Waals surface area contributed by atoms with Gasteiger partial charge in [-0.15, -0.1) is 12.4 Å². The maximum Gasteiger partial charge on any atom is 0.251 e. The first-order valence-electron chi connectivity index (χ1n) is 8.48. The van der Waals surface area contributed by atoms with Crippen molar-refractivity contribution in [2.45, 2.75) is 51.2 Å². The van der Waals surface area contributed by atoms with Gasteiger partial charge in [0, 0.05) is 24.3 Å². The summed E-state index contributed by atoms with van der Waals surface area (Å²) in [5, 5.41) is 2.92. The molecule has 1 saturated heterocycles. The van der Waals surface area contributed by atoms with Crippen molar-refractivity contribution in [3.8, 4) is 5.75 Å². The summed E-state index contributed by atoms with van der Waals surface area (Å²) in [6.45, 7) is 5.89. The third-order valence-electron chi connectivity index (χ3n) is 4.57. The number of hydrogen-bond donors (Lipinski definition) is 2. The summed E-state index contributed by atoms with van der Waals surface area (Å²) < 4.78 is 11.3. The number of nitrogens with one attached hydrogen (secondary N) is 1. The third kappa shape index (κ3) is 5.96. The minimum atomic E-state index is -0.344. The molecule has 0 bridgehead atoms. The summed E-state index contributed by atoms with van der Waals surface area (Å²) in [7, 11) is 0. The van der Waals surface area contributed by atoms with E-state index < -0.39 is 0 Å². The summed E-state index contributed by atoms with van der Waals surface area (Å²) in [5.74, 6) is 0.572. The Hall–Kier alpha value is -1.30. The first kappa shape index (κ1) is 20.7. The third-order valence-corrected chi connectivity index (χ3v) is 4.57. The van der Waals surface area contributed by atoms with Crippen molar-refractivity contribution in [3.63, 3.8) is 0 Å². The van der Waals surface area contributed by atoms with E-state index in [1.807, 2.05) is 26.0 Å². The van der Waals surface area contributed by atoms with Crippen LogP contribution in [0.2, 0.25) is 0 Å². The van der Waals surface area contributed by atoms with Gasteiger partial charge in [-0.25, -0.2) is 0 Å². The fourth-order valence-corrected chi connectivity index (χ4v) is 2.55. The molecule has 6 heteroatoms. The molecule has 0 aromatic heterocycles. The van der Waals surface area contributed by atoms with Crippen LogP contribution in [0.5, 0.6) is 5.75 Å². The van der Waals surface area contributed by atoms with E-state index >= 15 is 0 Å². The quantitative estimate of drug-likeness (QED) is 0.751. The second-order valence-corrected chi connectivity index (χ2v) is 6.23. The second-order valence-electron chi connectivity index (χ2n) is 6.23. The van der Waals surface area contributed by atoms with Crippen LogP contribution in [0.3, 0.4) is 0 Å². The standard InChI is InChI=1S/C18H28N2O3.ClH/c1-3-18(19,4-2)13-20-17(21)14-7-5-8-15(11-14)23-12-16-9-6-10-22-16;/h5,7-8,11,16H,3-4,6,9-10,12-13,19H2,1-2H3,(H,20,21);1H. The van der Waals surface area contributed by atoms with Gasteiger partial charge >= 0.3 is 0 Å². The highest BCUT2D eigenvalue weighted by molar-refractivity contribution is 5.94. The zero-order valence-corrected chi connectivity index (χ0v) is 15.4. The first-order chi connectivity index (χ1) is 11.1. The molecule has 5 nitrogen and oxygen atoms in total. The second kappa shape index (κ2) is 9.87. The molecule has 1 aromatic carbocycles. The number of hydrogen-bond acceptors (Lipinski definition) is 4. The molecule has 1 aliphatic rings. The zero-order chi connectivity index (χ0) is 16.7. The summed E-state index contributed by atoms with van der Waals surface area (Å²) in [5.41, 5.74) is 6.46. The monoisotopic (exact) mass is 356 g/mol. The fourth-order valence-electron chi connectivity index (χ4n) is 2.55. The summed E-state index contributed by atoms with van der Waals surface area (Å²) >= 11 is 0. The molecule has 0 saturated carbocycles. The number of nitrogens with two attached hydrogens (primary N) is 1.